The number of hydrogen-bond donors (Lipinski definition) is 4. The van der Waals surface area contributed by atoms with Gasteiger partial charge in [0.05, 0.1) is 104 Å². The van der Waals surface area contributed by atoms with Crippen LogP contribution in [0.5, 0.6) is 23.0 Å². The van der Waals surface area contributed by atoms with Crippen LogP contribution in [0.3, 0.4) is 0 Å². The number of nitro groups is 5. The third-order valence-corrected chi connectivity index (χ3v) is 25.2. The Bertz CT molecular complexity index is 6000. The van der Waals surface area contributed by atoms with E-state index in [4.69, 9.17) is 82.9 Å². The Morgan fingerprint density at radius 3 is 1.21 bits per heavy atom. The average Bonchev–Trinajstić information content (AvgIpc) is 0.801. The van der Waals surface area contributed by atoms with Gasteiger partial charge in [-0.2, -0.15) is 9.97 Å². The Morgan fingerprint density at radius 1 is 0.500 bits per heavy atom. The van der Waals surface area contributed by atoms with Crippen LogP contribution in [0.25, 0.3) is 26.4 Å². The fraction of sp³-hybridized carbons (Fsp3) is 0.190. The van der Waals surface area contributed by atoms with E-state index in [1.165, 1.54) is 141 Å². The Kier molecular flexibility index (Phi) is 52.9. The summed E-state index contributed by atoms with van der Waals surface area (Å²) < 4.78 is 86.9. The number of aryl methyl sites for hydroxylation is 1. The van der Waals surface area contributed by atoms with Crippen molar-refractivity contribution in [2.45, 2.75) is 87.3 Å². The van der Waals surface area contributed by atoms with Crippen molar-refractivity contribution in [2.24, 2.45) is 10.8 Å². The summed E-state index contributed by atoms with van der Waals surface area (Å²) in [6, 6.07) is 68.9. The summed E-state index contributed by atoms with van der Waals surface area (Å²) in [5.74, 6) is 3.03. The van der Waals surface area contributed by atoms with Crippen LogP contribution in [0.15, 0.2) is 264 Å². The van der Waals surface area contributed by atoms with Crippen LogP contribution >= 0.6 is 58.7 Å². The number of alkyl halides is 1. The SMILES string of the molecule is C.CC(C)S(=O)(=O)c1ccccc1Nc1nc(Cl)ncc1Cl.COc1ccc([N+](=O)[O-])cc1.COc1ccc([N+](=O)[O-])cc1CBr.COc1ccc([N+](=O)[O-])cc1CN.COc1ccc([N+](=O)[O-])cc1CN=[N+]=[N-].Cc1ccc([N+](=O)[O-])cc1CNc1ncc(Cl)c(Nc2ccccc2S(=O)(=O)C(C)C)n1.[N-]=[N+]=[N-].[Na+].[O]=[Pt]=[O].c1ccc(P(c2ccccc2)c2ccccc2)cc1. The first-order chi connectivity index (χ1) is 62.0. The molecule has 12 aromatic rings. The number of azide groups is 1. The summed E-state index contributed by atoms with van der Waals surface area (Å²) in [4.78, 5) is 70.8. The normalized spacial score (nSPS) is 10.1. The second-order valence-corrected chi connectivity index (χ2v) is 35.1. The van der Waals surface area contributed by atoms with Gasteiger partial charge in [-0.1, -0.05) is 173 Å². The Morgan fingerprint density at radius 2 is 0.841 bits per heavy atom. The van der Waals surface area contributed by atoms with Crippen molar-refractivity contribution < 1.29 is 115 Å². The van der Waals surface area contributed by atoms with Crippen LogP contribution in [0.4, 0.5) is 57.4 Å². The van der Waals surface area contributed by atoms with Crippen molar-refractivity contribution in [3.8, 4) is 23.0 Å². The Labute approximate surface area is 814 Å². The zero-order chi connectivity index (χ0) is 96.6. The van der Waals surface area contributed by atoms with Gasteiger partial charge in [-0.3, -0.25) is 55.5 Å². The minimum Gasteiger partial charge on any atom is -0.0622 e. The van der Waals surface area contributed by atoms with Gasteiger partial charge in [-0.15, -0.1) is 0 Å². The smallest absolute Gasteiger partial charge is 0.0134 e. The first-order valence-corrected chi connectivity index (χ1v) is 45.7. The van der Waals surface area contributed by atoms with Crippen LogP contribution in [0.2, 0.25) is 15.3 Å². The molecule has 10 aromatic carbocycles. The maximum Gasteiger partial charge on any atom is -0.0134 e. The first kappa shape index (κ1) is 116. The minimum absolute atomic E-state index is 0. The molecule has 0 atom stereocenters. The van der Waals surface area contributed by atoms with Gasteiger partial charge in [0.2, 0.25) is 11.2 Å². The number of para-hydroxylation sites is 2. The second-order valence-electron chi connectivity index (χ2n) is 25.8. The number of nitrogens with one attached hydrogen (secondary N) is 3. The van der Waals surface area contributed by atoms with Crippen molar-refractivity contribution in [3.63, 3.8) is 0 Å². The monoisotopic (exact) mass is 2180 g/mol. The van der Waals surface area contributed by atoms with E-state index in [9.17, 15) is 67.4 Å². The molecule has 0 aliphatic carbocycles. The number of non-ortho nitro benzene ring substituents is 5. The van der Waals surface area contributed by atoms with Gasteiger partial charge < -0.3 is 51.7 Å². The van der Waals surface area contributed by atoms with E-state index < -0.39 is 81.2 Å². The summed E-state index contributed by atoms with van der Waals surface area (Å²) in [5, 5.41) is 68.8. The molecule has 0 bridgehead atoms. The fourth-order valence-corrected chi connectivity index (χ4v) is 16.1. The van der Waals surface area contributed by atoms with Crippen LogP contribution < -0.4 is 86.1 Å². The second kappa shape index (κ2) is 60.5. The number of rotatable bonds is 27. The zero-order valence-corrected chi connectivity index (χ0v) is 81.9. The number of hydrogen-bond acceptors (Lipinski definition) is 29. The van der Waals surface area contributed by atoms with Crippen molar-refractivity contribution in [2.75, 3.05) is 44.4 Å². The number of ether oxygens (including phenoxy) is 4. The van der Waals surface area contributed by atoms with Crippen LogP contribution in [-0.4, -0.2) is 100 Å². The maximum atomic E-state index is 12.7. The minimum atomic E-state index is -3.53. The van der Waals surface area contributed by atoms with E-state index in [1.807, 2.05) is 6.92 Å². The maximum absolute atomic E-state index is 12.7. The molecule has 0 spiro atoms. The van der Waals surface area contributed by atoms with E-state index in [2.05, 4.69) is 153 Å². The van der Waals surface area contributed by atoms with Gasteiger partial charge in [0.1, 0.15) is 33.0 Å². The van der Waals surface area contributed by atoms with Crippen molar-refractivity contribution in [3.05, 3.63) is 369 Å². The van der Waals surface area contributed by atoms with E-state index in [0.717, 1.165) is 16.7 Å². The molecule has 2 aromatic heterocycles. The molecule has 5 N–H and O–H groups in total. The molecule has 0 aliphatic heterocycles. The predicted molar refractivity (Wildman–Crippen MR) is 504 cm³/mol. The summed E-state index contributed by atoms with van der Waals surface area (Å²) in [5.41, 5.74) is 31.4. The molecule has 0 fully saturated rings. The average molecular weight is 2180 g/mol. The van der Waals surface area contributed by atoms with Gasteiger partial charge in [0.15, 0.2) is 31.3 Å². The molecule has 0 saturated heterocycles. The Balaban J connectivity index is 0.000000529. The topological polar surface area (TPSA) is 576 Å². The summed E-state index contributed by atoms with van der Waals surface area (Å²) >= 11 is 19.3. The van der Waals surface area contributed by atoms with Crippen molar-refractivity contribution in [1.82, 2.24) is 19.9 Å². The van der Waals surface area contributed by atoms with Crippen molar-refractivity contribution in [1.29, 1.82) is 0 Å². The number of anilines is 5. The number of methoxy groups -OCH3 is 4. The van der Waals surface area contributed by atoms with E-state index in [0.29, 0.717) is 50.8 Å². The molecule has 0 unspecified atom stereocenters. The van der Waals surface area contributed by atoms with Gasteiger partial charge in [0.25, 0.3) is 28.4 Å². The molecule has 2 heterocycles. The van der Waals surface area contributed by atoms with Crippen LogP contribution in [0, 0.1) is 57.5 Å². The molecular formula is C84H87BrCl3N19NaO20PPtS2. The summed E-state index contributed by atoms with van der Waals surface area (Å²) in [6.45, 7) is 8.84. The first-order valence-electron chi connectivity index (χ1n) is 37.2. The molecule has 132 heavy (non-hydrogen) atoms. The molecular weight excluding hydrogens is 2090 g/mol. The number of nitro benzene ring substituents is 5. The van der Waals surface area contributed by atoms with Crippen molar-refractivity contribution >= 4 is 152 Å². The van der Waals surface area contributed by atoms with Gasteiger partial charge in [-0.05, 0) is 141 Å². The van der Waals surface area contributed by atoms with E-state index in [-0.39, 0.29) is 128 Å². The van der Waals surface area contributed by atoms with Crippen LogP contribution in [0.1, 0.15) is 62.9 Å². The third-order valence-electron chi connectivity index (χ3n) is 17.0. The number of nitrogens with zero attached hydrogens (tertiary/aromatic N) is 15. The quantitative estimate of drug-likeness (QED) is 0.00427. The predicted octanol–water partition coefficient (Wildman–Crippen LogP) is 17.9. The standard InChI is InChI=1S/C21H22ClN5O4S.C18H15P.C13H13Cl2N3O2S.C8H8BrNO3.C8H8N4O3.C8H10N2O3.C7H7NO3.CH4.N3.Na.2O.Pt/c1-13(2)32(30,31)19-7-5-4-6-18(19)25-20-17(22)12-24-21(26-20)23-11-15-10-16(27(28)29)9-8-14(15)3;1-4-10-16(11-5-1)19(17-12-6-2-7-13-17)18-14-8-3-9-15-18;1-8(2)21(19,20)11-6-4-3-5-10(11)17-12-9(14)7-16-13(15)18-12;1-13-8-3-2-7(10(11)12)4-6(8)5-9;1-15-8-3-2-7(12(13)14)4-6(8)5-10-11-9;1-13-8-3-2-7(10(11)12)4-6(8)5-9;1-11-7-4-2-6(3-5-7)8(9)10;;1-3-2;;;;/h4-10,12-13H,11H2,1-3H3,(H2,23,24,25,26);1-15H;3-8H,1-2H3,(H,16,17,18);2-4H,5H2,1H3;2-4H,5H2,1H3;2-4H,5,9H2,1H3;2-5H,1H3;1H4;;;;;/q;;;;;;;;-1;+1;;;. The molecule has 12 rings (SSSR count). The Hall–Kier alpha value is -12.5. The number of aromatic nitrogens is 4. The molecule has 0 aliphatic rings. The molecule has 0 saturated carbocycles. The van der Waals surface area contributed by atoms with Gasteiger partial charge >= 0.3 is 54.8 Å². The molecule has 0 amide bonds. The molecule has 39 nitrogen and oxygen atoms in total. The van der Waals surface area contributed by atoms with Crippen LogP contribution in [-0.2, 0) is 69.9 Å². The number of halogens is 4. The summed E-state index contributed by atoms with van der Waals surface area (Å²) in [7, 11) is -1.42. The number of benzene rings is 10. The summed E-state index contributed by atoms with van der Waals surface area (Å²) in [6.07, 6.45) is 2.73. The third kappa shape index (κ3) is 37.4. The van der Waals surface area contributed by atoms with E-state index >= 15 is 0 Å². The number of sulfone groups is 2. The number of nitrogens with two attached hydrogens (primary N) is 1. The van der Waals surface area contributed by atoms with Gasteiger partial charge in [-0.25, -0.2) is 26.8 Å². The van der Waals surface area contributed by atoms with E-state index in [1.54, 1.807) is 94.4 Å². The molecule has 0 radical (unpaired) electrons. The molecule has 694 valence electrons. The fourth-order valence-electron chi connectivity index (χ4n) is 10.5. The largest absolute Gasteiger partial charge is 0.0622 e. The zero-order valence-electron chi connectivity index (χ0n) is 71.2. The van der Waals surface area contributed by atoms with Gasteiger partial charge in [0, 0.05) is 101 Å². The molecule has 48 heteroatoms.